The third-order valence-electron chi connectivity index (χ3n) is 4.33. The second kappa shape index (κ2) is 4.98. The van der Waals surface area contributed by atoms with E-state index in [0.29, 0.717) is 0 Å². The molecule has 104 valence electrons. The third-order valence-corrected chi connectivity index (χ3v) is 4.33. The van der Waals surface area contributed by atoms with Gasteiger partial charge in [0.05, 0.1) is 11.1 Å². The molecule has 0 aliphatic carbocycles. The summed E-state index contributed by atoms with van der Waals surface area (Å²) in [7, 11) is 0. The monoisotopic (exact) mass is 268 g/mol. The molecule has 1 aromatic carbocycles. The van der Waals surface area contributed by atoms with Gasteiger partial charge in [-0.05, 0) is 51.9 Å². The second-order valence-electron chi connectivity index (χ2n) is 5.96. The molecule has 0 radical (unpaired) electrons. The molecule has 2 aromatic rings. The molecule has 0 bridgehead atoms. The lowest BCUT2D eigenvalue weighted by Crippen LogP contribution is -2.48. The number of benzene rings is 1. The van der Waals surface area contributed by atoms with Crippen molar-refractivity contribution in [2.75, 3.05) is 13.1 Å². The largest absolute Gasteiger partial charge is 0.292 e. The molecule has 20 heavy (non-hydrogen) atoms. The lowest BCUT2D eigenvalue weighted by atomic mass is 9.90. The molecule has 3 nitrogen and oxygen atoms in total. The van der Waals surface area contributed by atoms with Crippen LogP contribution in [0, 0.1) is 0 Å². The smallest absolute Gasteiger partial charge is 0.184 e. The van der Waals surface area contributed by atoms with Crippen LogP contribution in [0.4, 0.5) is 0 Å². The number of carbonyl (C=O) groups is 1. The van der Waals surface area contributed by atoms with Gasteiger partial charge >= 0.3 is 0 Å². The van der Waals surface area contributed by atoms with Crippen LogP contribution in [-0.4, -0.2) is 34.3 Å². The van der Waals surface area contributed by atoms with Crippen molar-refractivity contribution in [3.63, 3.8) is 0 Å². The van der Waals surface area contributed by atoms with E-state index in [1.807, 2.05) is 44.2 Å². The van der Waals surface area contributed by atoms with Crippen LogP contribution in [0.25, 0.3) is 10.9 Å². The Morgan fingerprint density at radius 1 is 1.15 bits per heavy atom. The van der Waals surface area contributed by atoms with E-state index in [9.17, 15) is 4.79 Å². The van der Waals surface area contributed by atoms with Crippen LogP contribution in [0.2, 0.25) is 0 Å². The fraction of sp³-hybridized carbons (Fsp3) is 0.412. The van der Waals surface area contributed by atoms with Crippen LogP contribution in [0.3, 0.4) is 0 Å². The maximum absolute atomic E-state index is 13.0. The van der Waals surface area contributed by atoms with E-state index in [1.54, 1.807) is 6.20 Å². The lowest BCUT2D eigenvalue weighted by molar-refractivity contribution is 0.0704. The Balaban J connectivity index is 2.04. The number of pyridine rings is 1. The first-order valence-electron chi connectivity index (χ1n) is 7.24. The Kier molecular flexibility index (Phi) is 3.30. The van der Waals surface area contributed by atoms with Crippen molar-refractivity contribution >= 4 is 16.7 Å². The number of Topliss-reactive ketones (excluding diaryl/α,β-unsaturated/α-hetero) is 1. The minimum Gasteiger partial charge on any atom is -0.292 e. The zero-order valence-electron chi connectivity index (χ0n) is 12.1. The highest BCUT2D eigenvalue weighted by atomic mass is 16.1. The third kappa shape index (κ3) is 2.12. The summed E-state index contributed by atoms with van der Waals surface area (Å²) in [6.07, 6.45) is 4.12. The highest BCUT2D eigenvalue weighted by Gasteiger charge is 2.37. The first-order chi connectivity index (χ1) is 9.60. The highest BCUT2D eigenvalue weighted by molar-refractivity contribution is 6.10. The Morgan fingerprint density at radius 3 is 2.60 bits per heavy atom. The fourth-order valence-electron chi connectivity index (χ4n) is 3.04. The van der Waals surface area contributed by atoms with Gasteiger partial charge in [-0.1, -0.05) is 18.2 Å². The fourth-order valence-corrected chi connectivity index (χ4v) is 3.04. The van der Waals surface area contributed by atoms with Gasteiger partial charge in [0.1, 0.15) is 0 Å². The average Bonchev–Trinajstić information content (AvgIpc) is 3.01. The average molecular weight is 268 g/mol. The van der Waals surface area contributed by atoms with Crippen molar-refractivity contribution in [3.8, 4) is 0 Å². The van der Waals surface area contributed by atoms with Crippen molar-refractivity contribution in [1.29, 1.82) is 0 Å². The molecule has 0 unspecified atom stereocenters. The summed E-state index contributed by atoms with van der Waals surface area (Å²) >= 11 is 0. The number of carbonyl (C=O) groups excluding carboxylic acids is 1. The summed E-state index contributed by atoms with van der Waals surface area (Å²) in [4.78, 5) is 19.7. The van der Waals surface area contributed by atoms with E-state index >= 15 is 0 Å². The summed E-state index contributed by atoms with van der Waals surface area (Å²) in [5.74, 6) is 0.170. The van der Waals surface area contributed by atoms with Gasteiger partial charge in [0.2, 0.25) is 0 Å². The maximum atomic E-state index is 13.0. The van der Waals surface area contributed by atoms with E-state index in [2.05, 4.69) is 9.88 Å². The van der Waals surface area contributed by atoms with Gasteiger partial charge < -0.3 is 0 Å². The Labute approximate surface area is 119 Å². The van der Waals surface area contributed by atoms with Gasteiger partial charge in [0.15, 0.2) is 5.78 Å². The van der Waals surface area contributed by atoms with E-state index in [1.165, 1.54) is 12.8 Å². The maximum Gasteiger partial charge on any atom is 0.184 e. The number of hydrogen-bond donors (Lipinski definition) is 0. The second-order valence-corrected chi connectivity index (χ2v) is 5.96. The van der Waals surface area contributed by atoms with Crippen LogP contribution >= 0.6 is 0 Å². The van der Waals surface area contributed by atoms with Gasteiger partial charge in [0.25, 0.3) is 0 Å². The van der Waals surface area contributed by atoms with Crippen LogP contribution in [0.15, 0.2) is 36.5 Å². The normalized spacial score (nSPS) is 16.7. The quantitative estimate of drug-likeness (QED) is 0.801. The summed E-state index contributed by atoms with van der Waals surface area (Å²) in [5.41, 5.74) is 1.09. The molecule has 0 saturated carbocycles. The first-order valence-corrected chi connectivity index (χ1v) is 7.24. The number of nitrogens with zero attached hydrogens (tertiary/aromatic N) is 2. The highest BCUT2D eigenvalue weighted by Crippen LogP contribution is 2.27. The van der Waals surface area contributed by atoms with Crippen LogP contribution in [0.5, 0.6) is 0 Å². The number of para-hydroxylation sites is 1. The number of ketones is 1. The Bertz CT molecular complexity index is 637. The SMILES string of the molecule is CC(C)(C(=O)c1cccc2cccnc12)N1CCCC1. The predicted molar refractivity (Wildman–Crippen MR) is 81.0 cm³/mol. The number of rotatable bonds is 3. The number of likely N-dealkylation sites (tertiary alicyclic amines) is 1. The van der Waals surface area contributed by atoms with Crippen molar-refractivity contribution in [2.24, 2.45) is 0 Å². The molecule has 1 fully saturated rings. The van der Waals surface area contributed by atoms with Crippen molar-refractivity contribution < 1.29 is 4.79 Å². The molecular formula is C17H20N2O. The first kappa shape index (κ1) is 13.3. The van der Waals surface area contributed by atoms with Gasteiger partial charge in [-0.2, -0.15) is 0 Å². The molecule has 2 heterocycles. The predicted octanol–water partition coefficient (Wildman–Crippen LogP) is 3.29. The van der Waals surface area contributed by atoms with E-state index in [0.717, 1.165) is 29.6 Å². The number of fused-ring (bicyclic) bond motifs is 1. The lowest BCUT2D eigenvalue weighted by Gasteiger charge is -2.34. The molecule has 1 aliphatic heterocycles. The summed E-state index contributed by atoms with van der Waals surface area (Å²) in [6.45, 7) is 6.08. The molecule has 0 spiro atoms. The number of aromatic nitrogens is 1. The molecule has 0 N–H and O–H groups in total. The van der Waals surface area contributed by atoms with Gasteiger partial charge in [-0.15, -0.1) is 0 Å². The molecular weight excluding hydrogens is 248 g/mol. The van der Waals surface area contributed by atoms with E-state index in [-0.39, 0.29) is 5.78 Å². The molecule has 0 amide bonds. The minimum atomic E-state index is -0.456. The minimum absolute atomic E-state index is 0.170. The van der Waals surface area contributed by atoms with E-state index in [4.69, 9.17) is 0 Å². The van der Waals surface area contributed by atoms with Crippen LogP contribution in [-0.2, 0) is 0 Å². The topological polar surface area (TPSA) is 33.2 Å². The van der Waals surface area contributed by atoms with Crippen molar-refractivity contribution in [1.82, 2.24) is 9.88 Å². The standard InChI is InChI=1S/C17H20N2O/c1-17(2,19-11-3-4-12-19)16(20)14-9-5-7-13-8-6-10-18-15(13)14/h5-10H,3-4,11-12H2,1-2H3. The van der Waals surface area contributed by atoms with Gasteiger partial charge in [-0.3, -0.25) is 14.7 Å². The number of hydrogen-bond acceptors (Lipinski definition) is 3. The molecule has 1 saturated heterocycles. The molecule has 1 aromatic heterocycles. The Hall–Kier alpha value is -1.74. The molecule has 3 heteroatoms. The molecule has 1 aliphatic rings. The summed E-state index contributed by atoms with van der Waals surface area (Å²) in [5, 5.41) is 1.02. The summed E-state index contributed by atoms with van der Waals surface area (Å²) in [6, 6.07) is 9.75. The van der Waals surface area contributed by atoms with E-state index < -0.39 is 5.54 Å². The summed E-state index contributed by atoms with van der Waals surface area (Å²) < 4.78 is 0. The van der Waals surface area contributed by atoms with Gasteiger partial charge in [-0.25, -0.2) is 0 Å². The van der Waals surface area contributed by atoms with Crippen molar-refractivity contribution in [2.45, 2.75) is 32.2 Å². The molecule has 3 rings (SSSR count). The van der Waals surface area contributed by atoms with Gasteiger partial charge in [0, 0.05) is 17.1 Å². The van der Waals surface area contributed by atoms with Crippen LogP contribution in [0.1, 0.15) is 37.0 Å². The van der Waals surface area contributed by atoms with Crippen LogP contribution < -0.4 is 0 Å². The van der Waals surface area contributed by atoms with Crippen molar-refractivity contribution in [3.05, 3.63) is 42.1 Å². The molecule has 0 atom stereocenters. The Morgan fingerprint density at radius 2 is 1.85 bits per heavy atom. The zero-order valence-corrected chi connectivity index (χ0v) is 12.1. The zero-order chi connectivity index (χ0) is 14.2.